The molecule has 2 heterocycles. The number of carbonyl (C=O) groups excluding carboxylic acids is 1. The molecule has 1 aliphatic heterocycles. The van der Waals surface area contributed by atoms with Gasteiger partial charge in [-0.1, -0.05) is 11.6 Å². The number of amides is 1. The number of rotatable bonds is 2. The molecule has 5 nitrogen and oxygen atoms in total. The van der Waals surface area contributed by atoms with Crippen LogP contribution in [0, 0.1) is 6.92 Å². The Bertz CT molecular complexity index is 948. The fourth-order valence-electron chi connectivity index (χ4n) is 2.72. The lowest BCUT2D eigenvalue weighted by Gasteiger charge is -2.18. The molecular formula is C18H14ClNO4. The molecule has 0 aliphatic carbocycles. The molecule has 4 rings (SSSR count). The Morgan fingerprint density at radius 1 is 1.08 bits per heavy atom. The van der Waals surface area contributed by atoms with E-state index < -0.39 is 0 Å². The molecule has 0 fully saturated rings. The Labute approximate surface area is 143 Å². The second kappa shape index (κ2) is 5.76. The molecule has 1 aromatic heterocycles. The van der Waals surface area contributed by atoms with E-state index in [1.165, 1.54) is 0 Å². The minimum Gasteiger partial charge on any atom is -0.486 e. The van der Waals surface area contributed by atoms with Crippen molar-refractivity contribution in [3.8, 4) is 11.5 Å². The maximum Gasteiger partial charge on any atom is 0.291 e. The molecule has 0 unspecified atom stereocenters. The lowest BCUT2D eigenvalue weighted by Crippen LogP contribution is -2.16. The van der Waals surface area contributed by atoms with Crippen molar-refractivity contribution in [2.45, 2.75) is 6.92 Å². The summed E-state index contributed by atoms with van der Waals surface area (Å²) in [4.78, 5) is 12.5. The fourth-order valence-corrected chi connectivity index (χ4v) is 2.89. The van der Waals surface area contributed by atoms with Gasteiger partial charge < -0.3 is 19.2 Å². The van der Waals surface area contributed by atoms with E-state index in [0.717, 1.165) is 10.9 Å². The summed E-state index contributed by atoms with van der Waals surface area (Å²) in [6.45, 7) is 2.86. The largest absolute Gasteiger partial charge is 0.486 e. The standard InChI is InChI=1S/C18H14ClNO4/c1-10-13-8-11(19)2-4-14(13)24-17(10)18(21)20-12-3-5-15-16(9-12)23-7-6-22-15/h2-5,8-9H,6-7H2,1H3,(H,20,21). The lowest BCUT2D eigenvalue weighted by atomic mass is 10.1. The van der Waals surface area contributed by atoms with Gasteiger partial charge in [0.2, 0.25) is 0 Å². The molecule has 1 amide bonds. The van der Waals surface area contributed by atoms with Crippen LogP contribution in [0.4, 0.5) is 5.69 Å². The SMILES string of the molecule is Cc1c(C(=O)Nc2ccc3c(c2)OCCO3)oc2ccc(Cl)cc12. The predicted octanol–water partition coefficient (Wildman–Crippen LogP) is 4.42. The van der Waals surface area contributed by atoms with E-state index in [1.54, 1.807) is 36.4 Å². The molecule has 2 aromatic carbocycles. The van der Waals surface area contributed by atoms with E-state index in [1.807, 2.05) is 6.92 Å². The maximum absolute atomic E-state index is 12.5. The average Bonchev–Trinajstić information content (AvgIpc) is 2.91. The number of hydrogen-bond donors (Lipinski definition) is 1. The molecule has 0 radical (unpaired) electrons. The van der Waals surface area contributed by atoms with Gasteiger partial charge in [0.05, 0.1) is 0 Å². The van der Waals surface area contributed by atoms with Crippen molar-refractivity contribution in [3.05, 3.63) is 52.7 Å². The second-order valence-corrected chi connectivity index (χ2v) is 5.95. The molecule has 24 heavy (non-hydrogen) atoms. The number of ether oxygens (including phenoxy) is 2. The minimum atomic E-state index is -0.323. The number of aryl methyl sites for hydroxylation is 1. The summed E-state index contributed by atoms with van der Waals surface area (Å²) in [7, 11) is 0. The van der Waals surface area contributed by atoms with Gasteiger partial charge in [0, 0.05) is 27.7 Å². The van der Waals surface area contributed by atoms with Gasteiger partial charge in [-0.2, -0.15) is 0 Å². The van der Waals surface area contributed by atoms with Crippen molar-refractivity contribution >= 4 is 34.2 Å². The second-order valence-electron chi connectivity index (χ2n) is 5.51. The van der Waals surface area contributed by atoms with E-state index >= 15 is 0 Å². The van der Waals surface area contributed by atoms with E-state index in [0.29, 0.717) is 41.0 Å². The number of carbonyl (C=O) groups is 1. The van der Waals surface area contributed by atoms with Gasteiger partial charge in [-0.3, -0.25) is 4.79 Å². The third-order valence-electron chi connectivity index (χ3n) is 3.90. The topological polar surface area (TPSA) is 60.7 Å². The molecule has 0 bridgehead atoms. The van der Waals surface area contributed by atoms with Crippen LogP contribution in [0.1, 0.15) is 16.1 Å². The summed E-state index contributed by atoms with van der Waals surface area (Å²) in [6, 6.07) is 10.5. The maximum atomic E-state index is 12.5. The highest BCUT2D eigenvalue weighted by Gasteiger charge is 2.19. The first kappa shape index (κ1) is 14.9. The molecule has 1 aliphatic rings. The summed E-state index contributed by atoms with van der Waals surface area (Å²) in [5.41, 5.74) is 1.99. The summed E-state index contributed by atoms with van der Waals surface area (Å²) in [5.74, 6) is 1.24. The third kappa shape index (κ3) is 2.57. The number of benzene rings is 2. The van der Waals surface area contributed by atoms with Crippen LogP contribution in [0.5, 0.6) is 11.5 Å². The highest BCUT2D eigenvalue weighted by Crippen LogP contribution is 2.33. The van der Waals surface area contributed by atoms with E-state index in [9.17, 15) is 4.79 Å². The number of halogens is 1. The van der Waals surface area contributed by atoms with Crippen LogP contribution in [0.2, 0.25) is 5.02 Å². The summed E-state index contributed by atoms with van der Waals surface area (Å²) in [6.07, 6.45) is 0. The van der Waals surface area contributed by atoms with E-state index in [-0.39, 0.29) is 11.7 Å². The Balaban J connectivity index is 1.63. The zero-order chi connectivity index (χ0) is 16.7. The predicted molar refractivity (Wildman–Crippen MR) is 91.3 cm³/mol. The Hall–Kier alpha value is -2.66. The van der Waals surface area contributed by atoms with Crippen molar-refractivity contribution in [1.82, 2.24) is 0 Å². The van der Waals surface area contributed by atoms with Crippen LogP contribution >= 0.6 is 11.6 Å². The van der Waals surface area contributed by atoms with Gasteiger partial charge in [0.1, 0.15) is 18.8 Å². The van der Waals surface area contributed by atoms with Crippen LogP contribution in [-0.4, -0.2) is 19.1 Å². The monoisotopic (exact) mass is 343 g/mol. The number of furan rings is 1. The van der Waals surface area contributed by atoms with Crippen molar-refractivity contribution in [2.75, 3.05) is 18.5 Å². The number of nitrogens with one attached hydrogen (secondary N) is 1. The Kier molecular flexibility index (Phi) is 3.58. The zero-order valence-corrected chi connectivity index (χ0v) is 13.6. The van der Waals surface area contributed by atoms with Gasteiger partial charge in [0.25, 0.3) is 5.91 Å². The van der Waals surface area contributed by atoms with Gasteiger partial charge in [-0.05, 0) is 37.3 Å². The van der Waals surface area contributed by atoms with Crippen molar-refractivity contribution in [2.24, 2.45) is 0 Å². The van der Waals surface area contributed by atoms with Crippen LogP contribution in [0.25, 0.3) is 11.0 Å². The number of fused-ring (bicyclic) bond motifs is 2. The van der Waals surface area contributed by atoms with Crippen molar-refractivity contribution in [1.29, 1.82) is 0 Å². The summed E-state index contributed by atoms with van der Waals surface area (Å²) < 4.78 is 16.7. The number of anilines is 1. The minimum absolute atomic E-state index is 0.266. The molecule has 1 N–H and O–H groups in total. The highest BCUT2D eigenvalue weighted by molar-refractivity contribution is 6.31. The summed E-state index contributed by atoms with van der Waals surface area (Å²) in [5, 5.41) is 4.25. The first-order valence-corrected chi connectivity index (χ1v) is 7.89. The van der Waals surface area contributed by atoms with Crippen LogP contribution in [-0.2, 0) is 0 Å². The van der Waals surface area contributed by atoms with Crippen LogP contribution in [0.3, 0.4) is 0 Å². The van der Waals surface area contributed by atoms with Gasteiger partial charge in [-0.25, -0.2) is 0 Å². The van der Waals surface area contributed by atoms with Crippen molar-refractivity contribution < 1.29 is 18.7 Å². The Morgan fingerprint density at radius 2 is 1.88 bits per heavy atom. The van der Waals surface area contributed by atoms with Gasteiger partial charge in [0.15, 0.2) is 17.3 Å². The summed E-state index contributed by atoms with van der Waals surface area (Å²) >= 11 is 6.01. The van der Waals surface area contributed by atoms with E-state index in [2.05, 4.69) is 5.32 Å². The molecule has 122 valence electrons. The van der Waals surface area contributed by atoms with Crippen molar-refractivity contribution in [3.63, 3.8) is 0 Å². The zero-order valence-electron chi connectivity index (χ0n) is 12.9. The average molecular weight is 344 g/mol. The van der Waals surface area contributed by atoms with E-state index in [4.69, 9.17) is 25.5 Å². The lowest BCUT2D eigenvalue weighted by molar-refractivity contribution is 0.0998. The molecule has 0 saturated heterocycles. The molecule has 6 heteroatoms. The highest BCUT2D eigenvalue weighted by atomic mass is 35.5. The smallest absolute Gasteiger partial charge is 0.291 e. The third-order valence-corrected chi connectivity index (χ3v) is 4.14. The first-order valence-electron chi connectivity index (χ1n) is 7.51. The first-order chi connectivity index (χ1) is 11.6. The van der Waals surface area contributed by atoms with Gasteiger partial charge >= 0.3 is 0 Å². The molecule has 0 saturated carbocycles. The molecular weight excluding hydrogens is 330 g/mol. The quantitative estimate of drug-likeness (QED) is 0.748. The Morgan fingerprint density at radius 3 is 2.71 bits per heavy atom. The molecule has 0 spiro atoms. The number of hydrogen-bond acceptors (Lipinski definition) is 4. The van der Waals surface area contributed by atoms with Crippen LogP contribution < -0.4 is 14.8 Å². The molecule has 3 aromatic rings. The van der Waals surface area contributed by atoms with Gasteiger partial charge in [-0.15, -0.1) is 0 Å². The van der Waals surface area contributed by atoms with Crippen LogP contribution in [0.15, 0.2) is 40.8 Å². The fraction of sp³-hybridized carbons (Fsp3) is 0.167. The normalized spacial score (nSPS) is 13.1. The molecule has 0 atom stereocenters.